The monoisotopic (exact) mass is 249 g/mol. The van der Waals surface area contributed by atoms with Gasteiger partial charge in [-0.15, -0.1) is 0 Å². The Morgan fingerprint density at radius 1 is 1.44 bits per heavy atom. The molecule has 0 bridgehead atoms. The fourth-order valence-corrected chi connectivity index (χ4v) is 2.25. The predicted molar refractivity (Wildman–Crippen MR) is 62.6 cm³/mol. The van der Waals surface area contributed by atoms with Crippen LogP contribution in [-0.2, 0) is 11.8 Å². The van der Waals surface area contributed by atoms with E-state index in [2.05, 4.69) is 9.97 Å². The normalized spacial score (nSPS) is 23.9. The van der Waals surface area contributed by atoms with Gasteiger partial charge < -0.3 is 14.4 Å². The first kappa shape index (κ1) is 11.4. The molecule has 7 nitrogen and oxygen atoms in total. The maximum Gasteiger partial charge on any atom is 0.167 e. The van der Waals surface area contributed by atoms with Gasteiger partial charge in [0.2, 0.25) is 0 Å². The predicted octanol–water partition coefficient (Wildman–Crippen LogP) is -0.0808. The topological polar surface area (TPSA) is 89.0 Å². The number of aliphatic hydroxyl groups excluding tert-OH is 1. The third kappa shape index (κ3) is 1.63. The molecule has 0 radical (unpaired) electrons. The van der Waals surface area contributed by atoms with Crippen LogP contribution in [0.5, 0.6) is 0 Å². The molecule has 18 heavy (non-hydrogen) atoms. The van der Waals surface area contributed by atoms with E-state index in [9.17, 15) is 0 Å². The van der Waals surface area contributed by atoms with Gasteiger partial charge in [0.25, 0.3) is 0 Å². The molecular weight excluding hydrogens is 234 g/mol. The molecule has 0 aliphatic carbocycles. The molecule has 0 amide bonds. The van der Waals surface area contributed by atoms with E-state index >= 15 is 0 Å². The highest BCUT2D eigenvalue weighted by molar-refractivity contribution is 5.68. The van der Waals surface area contributed by atoms with Crippen LogP contribution in [0.25, 0.3) is 11.2 Å². The average molecular weight is 249 g/mol. The molecule has 2 N–H and O–H groups in total. The minimum atomic E-state index is -0.147. The number of aliphatic hydroxyl groups is 1. The van der Waals surface area contributed by atoms with Crippen molar-refractivity contribution >= 4 is 11.2 Å². The van der Waals surface area contributed by atoms with Crippen molar-refractivity contribution in [3.63, 3.8) is 0 Å². The van der Waals surface area contributed by atoms with Crippen molar-refractivity contribution in [1.29, 1.82) is 5.41 Å². The highest BCUT2D eigenvalue weighted by atomic mass is 16.5. The molecular formula is C11H15N5O2. The maximum atomic E-state index is 9.08. The summed E-state index contributed by atoms with van der Waals surface area (Å²) < 4.78 is 9.15. The maximum absolute atomic E-state index is 9.08. The third-order valence-electron chi connectivity index (χ3n) is 3.30. The largest absolute Gasteiger partial charge is 0.394 e. The van der Waals surface area contributed by atoms with Crippen molar-refractivity contribution in [3.05, 3.63) is 18.1 Å². The molecule has 7 heteroatoms. The summed E-state index contributed by atoms with van der Waals surface area (Å²) in [5.41, 5.74) is 1.55. The molecule has 2 aromatic heterocycles. The Kier molecular flexibility index (Phi) is 2.64. The Labute approximate surface area is 103 Å². The van der Waals surface area contributed by atoms with Gasteiger partial charge in [-0.2, -0.15) is 0 Å². The van der Waals surface area contributed by atoms with Gasteiger partial charge in [0.15, 0.2) is 11.1 Å². The number of aromatic nitrogens is 4. The van der Waals surface area contributed by atoms with Crippen LogP contribution in [0.2, 0.25) is 0 Å². The van der Waals surface area contributed by atoms with Crippen LogP contribution < -0.4 is 5.49 Å². The van der Waals surface area contributed by atoms with Crippen molar-refractivity contribution < 1.29 is 9.84 Å². The lowest BCUT2D eigenvalue weighted by Gasteiger charge is -2.13. The number of nitrogens with one attached hydrogen (secondary N) is 1. The molecule has 3 rings (SSSR count). The zero-order valence-corrected chi connectivity index (χ0v) is 10.1. The van der Waals surface area contributed by atoms with Crippen molar-refractivity contribution in [2.24, 2.45) is 7.05 Å². The van der Waals surface area contributed by atoms with Crippen LogP contribution in [0.4, 0.5) is 0 Å². The molecule has 0 saturated carbocycles. The fraction of sp³-hybridized carbons (Fsp3) is 0.545. The van der Waals surface area contributed by atoms with Crippen LogP contribution in [0, 0.1) is 5.41 Å². The lowest BCUT2D eigenvalue weighted by Crippen LogP contribution is -2.18. The number of aryl methyl sites for hydroxylation is 1. The first-order chi connectivity index (χ1) is 8.70. The zero-order chi connectivity index (χ0) is 12.7. The van der Waals surface area contributed by atoms with Gasteiger partial charge in [-0.05, 0) is 12.8 Å². The van der Waals surface area contributed by atoms with Crippen LogP contribution in [-0.4, -0.2) is 36.9 Å². The second kappa shape index (κ2) is 4.18. The van der Waals surface area contributed by atoms with Crippen LogP contribution in [0.1, 0.15) is 19.1 Å². The first-order valence-corrected chi connectivity index (χ1v) is 5.90. The smallest absolute Gasteiger partial charge is 0.167 e. The SMILES string of the molecule is Cn1cnc2c(ncn2C2CCC(CO)O2)c1=N. The minimum Gasteiger partial charge on any atom is -0.394 e. The molecule has 1 saturated heterocycles. The summed E-state index contributed by atoms with van der Waals surface area (Å²) in [7, 11) is 1.77. The summed E-state index contributed by atoms with van der Waals surface area (Å²) in [5.74, 6) is 0. The number of ether oxygens (including phenoxy) is 1. The lowest BCUT2D eigenvalue weighted by atomic mass is 10.2. The Bertz CT molecular complexity index is 632. The first-order valence-electron chi connectivity index (χ1n) is 5.90. The number of hydrogen-bond acceptors (Lipinski definition) is 5. The van der Waals surface area contributed by atoms with E-state index in [0.717, 1.165) is 12.8 Å². The summed E-state index contributed by atoms with van der Waals surface area (Å²) >= 11 is 0. The summed E-state index contributed by atoms with van der Waals surface area (Å²) in [6.07, 6.45) is 4.65. The summed E-state index contributed by atoms with van der Waals surface area (Å²) in [6, 6.07) is 0. The second-order valence-electron chi connectivity index (χ2n) is 4.50. The Morgan fingerprint density at radius 3 is 3.00 bits per heavy atom. The number of nitrogens with zero attached hydrogens (tertiary/aromatic N) is 4. The van der Waals surface area contributed by atoms with E-state index in [0.29, 0.717) is 16.7 Å². The molecule has 2 unspecified atom stereocenters. The van der Waals surface area contributed by atoms with E-state index in [4.69, 9.17) is 15.3 Å². The van der Waals surface area contributed by atoms with Gasteiger partial charge in [0.1, 0.15) is 11.7 Å². The number of hydrogen-bond donors (Lipinski definition) is 2. The van der Waals surface area contributed by atoms with Crippen molar-refractivity contribution in [2.75, 3.05) is 6.61 Å². The van der Waals surface area contributed by atoms with Crippen molar-refractivity contribution in [3.8, 4) is 0 Å². The molecule has 96 valence electrons. The standard InChI is InChI=1S/C11H15N5O2/c1-15-5-14-11-9(10(15)12)13-6-16(11)8-3-2-7(4-17)18-8/h5-8,12,17H,2-4H2,1H3. The zero-order valence-electron chi connectivity index (χ0n) is 10.1. The van der Waals surface area contributed by atoms with E-state index < -0.39 is 0 Å². The fourth-order valence-electron chi connectivity index (χ4n) is 2.25. The molecule has 1 aliphatic rings. The van der Waals surface area contributed by atoms with Gasteiger partial charge in [-0.25, -0.2) is 9.97 Å². The Morgan fingerprint density at radius 2 is 2.28 bits per heavy atom. The van der Waals surface area contributed by atoms with E-state index in [-0.39, 0.29) is 18.9 Å². The number of fused-ring (bicyclic) bond motifs is 1. The molecule has 1 aliphatic heterocycles. The summed E-state index contributed by atoms with van der Waals surface area (Å²) in [5, 5.41) is 17.0. The van der Waals surface area contributed by atoms with Gasteiger partial charge in [-0.3, -0.25) is 9.98 Å². The van der Waals surface area contributed by atoms with Crippen LogP contribution >= 0.6 is 0 Å². The molecule has 3 heterocycles. The third-order valence-corrected chi connectivity index (χ3v) is 3.30. The number of imidazole rings is 1. The highest BCUT2D eigenvalue weighted by Crippen LogP contribution is 2.29. The quantitative estimate of drug-likeness (QED) is 0.779. The van der Waals surface area contributed by atoms with E-state index in [1.165, 1.54) is 0 Å². The van der Waals surface area contributed by atoms with Gasteiger partial charge >= 0.3 is 0 Å². The van der Waals surface area contributed by atoms with Crippen LogP contribution in [0.3, 0.4) is 0 Å². The van der Waals surface area contributed by atoms with Gasteiger partial charge in [-0.1, -0.05) is 0 Å². The Hall–Kier alpha value is -1.73. The lowest BCUT2D eigenvalue weighted by molar-refractivity contribution is -0.0207. The van der Waals surface area contributed by atoms with Gasteiger partial charge in [0.05, 0.1) is 25.4 Å². The minimum absolute atomic E-state index is 0.0369. The van der Waals surface area contributed by atoms with Crippen molar-refractivity contribution in [1.82, 2.24) is 19.1 Å². The van der Waals surface area contributed by atoms with E-state index in [1.807, 2.05) is 4.57 Å². The molecule has 0 spiro atoms. The molecule has 1 fully saturated rings. The number of rotatable bonds is 2. The summed E-state index contributed by atoms with van der Waals surface area (Å²) in [6.45, 7) is 0.0369. The molecule has 2 atom stereocenters. The van der Waals surface area contributed by atoms with Crippen LogP contribution in [0.15, 0.2) is 12.7 Å². The van der Waals surface area contributed by atoms with E-state index in [1.54, 1.807) is 24.3 Å². The van der Waals surface area contributed by atoms with Crippen molar-refractivity contribution in [2.45, 2.75) is 25.2 Å². The average Bonchev–Trinajstić information content (AvgIpc) is 2.99. The second-order valence-corrected chi connectivity index (χ2v) is 4.50. The summed E-state index contributed by atoms with van der Waals surface area (Å²) in [4.78, 5) is 8.52. The Balaban J connectivity index is 2.04. The van der Waals surface area contributed by atoms with Gasteiger partial charge in [0, 0.05) is 7.05 Å². The molecule has 2 aromatic rings. The highest BCUT2D eigenvalue weighted by Gasteiger charge is 2.27. The molecule has 0 aromatic carbocycles.